The van der Waals surface area contributed by atoms with Crippen molar-refractivity contribution in [3.63, 3.8) is 0 Å². The standard InChI is InChI=1S/C10H15NO4S2/c1-8(2)7-11-17(14,15)10-5-3-9(4-6-10)16(12)13/h3-6,8,11H,7H2,1-2H3,(H,12,13). The third-order valence-electron chi connectivity index (χ3n) is 2.02. The van der Waals surface area contributed by atoms with Crippen molar-refractivity contribution in [2.24, 2.45) is 5.92 Å². The van der Waals surface area contributed by atoms with E-state index in [9.17, 15) is 12.6 Å². The molecule has 0 spiro atoms. The molecule has 96 valence electrons. The zero-order valence-electron chi connectivity index (χ0n) is 9.58. The SMILES string of the molecule is CC(C)CNS(=O)(=O)c1ccc(S(=O)O)cc1. The van der Waals surface area contributed by atoms with Crippen LogP contribution in [0.15, 0.2) is 34.1 Å². The van der Waals surface area contributed by atoms with E-state index in [1.165, 1.54) is 24.3 Å². The van der Waals surface area contributed by atoms with Gasteiger partial charge in [-0.3, -0.25) is 0 Å². The van der Waals surface area contributed by atoms with Gasteiger partial charge in [0.1, 0.15) is 0 Å². The molecule has 2 N–H and O–H groups in total. The summed E-state index contributed by atoms with van der Waals surface area (Å²) in [4.78, 5) is 0.264. The Morgan fingerprint density at radius 1 is 1.29 bits per heavy atom. The Kier molecular flexibility index (Phi) is 4.81. The van der Waals surface area contributed by atoms with E-state index in [1.807, 2.05) is 13.8 Å². The lowest BCUT2D eigenvalue weighted by Crippen LogP contribution is -2.27. The zero-order chi connectivity index (χ0) is 13.1. The molecule has 1 aromatic rings. The molecule has 17 heavy (non-hydrogen) atoms. The van der Waals surface area contributed by atoms with Gasteiger partial charge in [0, 0.05) is 6.54 Å². The van der Waals surface area contributed by atoms with Crippen molar-refractivity contribution in [1.29, 1.82) is 0 Å². The minimum atomic E-state index is -3.53. The maximum absolute atomic E-state index is 11.8. The molecule has 0 aliphatic carbocycles. The summed E-state index contributed by atoms with van der Waals surface area (Å²) < 4.78 is 45.5. The van der Waals surface area contributed by atoms with Crippen molar-refractivity contribution < 1.29 is 17.2 Å². The monoisotopic (exact) mass is 277 g/mol. The van der Waals surface area contributed by atoms with Crippen molar-refractivity contribution >= 4 is 21.1 Å². The van der Waals surface area contributed by atoms with E-state index >= 15 is 0 Å². The molecule has 0 bridgehead atoms. The quantitative estimate of drug-likeness (QED) is 0.792. The second-order valence-electron chi connectivity index (χ2n) is 3.97. The van der Waals surface area contributed by atoms with Gasteiger partial charge in [-0.15, -0.1) is 0 Å². The predicted octanol–water partition coefficient (Wildman–Crippen LogP) is 1.20. The summed E-state index contributed by atoms with van der Waals surface area (Å²) in [5, 5.41) is 0. The Morgan fingerprint density at radius 2 is 1.82 bits per heavy atom. The van der Waals surface area contributed by atoms with Gasteiger partial charge in [0.25, 0.3) is 0 Å². The summed E-state index contributed by atoms with van der Waals surface area (Å²) in [6.45, 7) is 4.16. The van der Waals surface area contributed by atoms with E-state index in [-0.39, 0.29) is 15.7 Å². The molecule has 0 saturated heterocycles. The van der Waals surface area contributed by atoms with Gasteiger partial charge < -0.3 is 4.55 Å². The van der Waals surface area contributed by atoms with Gasteiger partial charge in [0.15, 0.2) is 11.1 Å². The number of hydrogen-bond donors (Lipinski definition) is 2. The Morgan fingerprint density at radius 3 is 2.24 bits per heavy atom. The number of rotatable bonds is 5. The van der Waals surface area contributed by atoms with Crippen molar-refractivity contribution in [3.8, 4) is 0 Å². The number of sulfonamides is 1. The fraction of sp³-hybridized carbons (Fsp3) is 0.400. The first-order chi connectivity index (χ1) is 7.83. The number of nitrogens with one attached hydrogen (secondary N) is 1. The summed E-state index contributed by atoms with van der Waals surface area (Å²) in [5.41, 5.74) is 0. The fourth-order valence-corrected chi connectivity index (χ4v) is 2.68. The van der Waals surface area contributed by atoms with Crippen LogP contribution in [0.3, 0.4) is 0 Å². The molecule has 1 atom stereocenters. The molecule has 1 unspecified atom stereocenters. The van der Waals surface area contributed by atoms with Gasteiger partial charge in [-0.2, -0.15) is 0 Å². The van der Waals surface area contributed by atoms with Crippen LogP contribution in [0, 0.1) is 5.92 Å². The van der Waals surface area contributed by atoms with Crippen LogP contribution in [0.2, 0.25) is 0 Å². The lowest BCUT2D eigenvalue weighted by Gasteiger charge is -2.08. The molecule has 0 amide bonds. The average molecular weight is 277 g/mol. The van der Waals surface area contributed by atoms with Crippen LogP contribution in [0.5, 0.6) is 0 Å². The van der Waals surface area contributed by atoms with Gasteiger partial charge >= 0.3 is 0 Å². The van der Waals surface area contributed by atoms with Crippen molar-refractivity contribution in [2.45, 2.75) is 23.6 Å². The van der Waals surface area contributed by atoms with Crippen LogP contribution < -0.4 is 4.72 Å². The Hall–Kier alpha value is -0.760. The third kappa shape index (κ3) is 4.19. The molecule has 0 aromatic heterocycles. The summed E-state index contributed by atoms with van der Waals surface area (Å²) in [6.07, 6.45) is 0. The van der Waals surface area contributed by atoms with E-state index in [0.717, 1.165) is 0 Å². The summed E-state index contributed by atoms with van der Waals surface area (Å²) in [7, 11) is -3.53. The molecule has 1 aromatic carbocycles. The second kappa shape index (κ2) is 5.72. The molecule has 7 heteroatoms. The highest BCUT2D eigenvalue weighted by molar-refractivity contribution is 7.89. The maximum Gasteiger partial charge on any atom is 0.240 e. The van der Waals surface area contributed by atoms with Gasteiger partial charge in [0.05, 0.1) is 9.79 Å². The minimum Gasteiger partial charge on any atom is -0.302 e. The van der Waals surface area contributed by atoms with Crippen molar-refractivity contribution in [3.05, 3.63) is 24.3 Å². The second-order valence-corrected chi connectivity index (χ2v) is 6.70. The summed E-state index contributed by atoms with van der Waals surface area (Å²) >= 11 is -2.09. The molecule has 5 nitrogen and oxygen atoms in total. The lowest BCUT2D eigenvalue weighted by molar-refractivity contribution is 0.558. The normalized spacial score (nSPS) is 13.9. The summed E-state index contributed by atoms with van der Waals surface area (Å²) in [6, 6.07) is 5.26. The molecular formula is C10H15NO4S2. The van der Waals surface area contributed by atoms with Crippen LogP contribution in [0.1, 0.15) is 13.8 Å². The topological polar surface area (TPSA) is 83.5 Å². The first-order valence-electron chi connectivity index (χ1n) is 5.03. The number of benzene rings is 1. The van der Waals surface area contributed by atoms with Gasteiger partial charge in [-0.25, -0.2) is 17.3 Å². The van der Waals surface area contributed by atoms with Crippen molar-refractivity contribution in [2.75, 3.05) is 6.54 Å². The third-order valence-corrected chi connectivity index (χ3v) is 4.13. The minimum absolute atomic E-state index is 0.0901. The number of hydrogen-bond acceptors (Lipinski definition) is 3. The smallest absolute Gasteiger partial charge is 0.240 e. The molecule has 0 heterocycles. The maximum atomic E-state index is 11.8. The van der Waals surface area contributed by atoms with Crippen LogP contribution >= 0.6 is 0 Å². The molecule has 0 saturated carbocycles. The highest BCUT2D eigenvalue weighted by atomic mass is 32.2. The van der Waals surface area contributed by atoms with Crippen molar-refractivity contribution in [1.82, 2.24) is 4.72 Å². The Labute approximate surface area is 104 Å². The van der Waals surface area contributed by atoms with Gasteiger partial charge in [-0.05, 0) is 30.2 Å². The Balaban J connectivity index is 2.89. The molecule has 0 aliphatic heterocycles. The van der Waals surface area contributed by atoms with Crippen LogP contribution in [-0.2, 0) is 21.1 Å². The van der Waals surface area contributed by atoms with E-state index in [2.05, 4.69) is 4.72 Å². The molecule has 0 fully saturated rings. The first-order valence-corrected chi connectivity index (χ1v) is 7.62. The lowest BCUT2D eigenvalue weighted by atomic mass is 10.2. The highest BCUT2D eigenvalue weighted by Crippen LogP contribution is 2.12. The van der Waals surface area contributed by atoms with Gasteiger partial charge in [0.2, 0.25) is 10.0 Å². The van der Waals surface area contributed by atoms with Crippen LogP contribution in [0.4, 0.5) is 0 Å². The van der Waals surface area contributed by atoms with E-state index in [0.29, 0.717) is 6.54 Å². The molecular weight excluding hydrogens is 262 g/mol. The zero-order valence-corrected chi connectivity index (χ0v) is 11.2. The van der Waals surface area contributed by atoms with Crippen LogP contribution in [0.25, 0.3) is 0 Å². The average Bonchev–Trinajstić information content (AvgIpc) is 2.27. The van der Waals surface area contributed by atoms with E-state index in [4.69, 9.17) is 4.55 Å². The first kappa shape index (κ1) is 14.3. The van der Waals surface area contributed by atoms with Crippen LogP contribution in [-0.4, -0.2) is 23.7 Å². The summed E-state index contributed by atoms with van der Waals surface area (Å²) in [5.74, 6) is 0.217. The van der Waals surface area contributed by atoms with E-state index in [1.54, 1.807) is 0 Å². The predicted molar refractivity (Wildman–Crippen MR) is 65.5 cm³/mol. The Bertz CT molecular complexity index is 494. The highest BCUT2D eigenvalue weighted by Gasteiger charge is 2.14. The fourth-order valence-electron chi connectivity index (χ4n) is 1.09. The molecule has 1 rings (SSSR count). The largest absolute Gasteiger partial charge is 0.302 e. The molecule has 0 aliphatic rings. The van der Waals surface area contributed by atoms with Gasteiger partial charge in [-0.1, -0.05) is 13.8 Å². The van der Waals surface area contributed by atoms with E-state index < -0.39 is 21.1 Å². The molecule has 0 radical (unpaired) electrons.